The molecular formula is C23H28FN3O3. The molecule has 2 aromatic heterocycles. The van der Waals surface area contributed by atoms with Gasteiger partial charge in [-0.15, -0.1) is 0 Å². The molecule has 0 bridgehead atoms. The van der Waals surface area contributed by atoms with E-state index in [1.165, 1.54) is 12.1 Å². The number of carbonyl (C=O) groups excluding carboxylic acids is 1. The second kappa shape index (κ2) is 9.61. The smallest absolute Gasteiger partial charge is 0.228 e. The van der Waals surface area contributed by atoms with Gasteiger partial charge in [0.05, 0.1) is 5.69 Å². The molecule has 0 atom stereocenters. The van der Waals surface area contributed by atoms with Gasteiger partial charge in [0.15, 0.2) is 11.4 Å². The number of halogens is 1. The van der Waals surface area contributed by atoms with Crippen LogP contribution < -0.4 is 14.4 Å². The topological polar surface area (TPSA) is 56.1 Å². The number of aromatic nitrogens is 2. The van der Waals surface area contributed by atoms with Crippen molar-refractivity contribution in [1.82, 2.24) is 9.38 Å². The highest BCUT2D eigenvalue weighted by Crippen LogP contribution is 2.28. The molecule has 0 saturated heterocycles. The fraction of sp³-hybridized carbons (Fsp3) is 0.391. The molecule has 7 heteroatoms. The summed E-state index contributed by atoms with van der Waals surface area (Å²) in [5, 5.41) is 0. The number of imidazole rings is 1. The second-order valence-corrected chi connectivity index (χ2v) is 7.50. The quantitative estimate of drug-likeness (QED) is 0.485. The van der Waals surface area contributed by atoms with Gasteiger partial charge in [-0.05, 0) is 48.7 Å². The number of anilines is 1. The van der Waals surface area contributed by atoms with E-state index in [-0.39, 0.29) is 17.6 Å². The lowest BCUT2D eigenvalue weighted by molar-refractivity contribution is -0.119. The molecular weight excluding hydrogens is 385 g/mol. The van der Waals surface area contributed by atoms with Crippen molar-refractivity contribution in [2.24, 2.45) is 5.92 Å². The van der Waals surface area contributed by atoms with E-state index in [9.17, 15) is 9.18 Å². The molecule has 1 amide bonds. The maximum Gasteiger partial charge on any atom is 0.228 e. The molecule has 0 spiro atoms. The van der Waals surface area contributed by atoms with Crippen LogP contribution in [0.2, 0.25) is 0 Å². The van der Waals surface area contributed by atoms with Crippen LogP contribution in [0.1, 0.15) is 32.9 Å². The summed E-state index contributed by atoms with van der Waals surface area (Å²) in [5.41, 5.74) is 1.50. The van der Waals surface area contributed by atoms with Crippen LogP contribution in [-0.4, -0.2) is 35.6 Å². The standard InChI is InChI=1S/C23H28FN3O3/c1-5-19-23(26(4)21(28)15-16(2)3)27-12-6-7-20(22(27)25-19)30-14-13-29-18-10-8-17(24)9-11-18/h6-12,16H,5,13-15H2,1-4H3. The lowest BCUT2D eigenvalue weighted by atomic mass is 10.1. The predicted molar refractivity (Wildman–Crippen MR) is 115 cm³/mol. The molecule has 6 nitrogen and oxygen atoms in total. The van der Waals surface area contributed by atoms with Gasteiger partial charge in [-0.3, -0.25) is 14.1 Å². The van der Waals surface area contributed by atoms with Crippen molar-refractivity contribution >= 4 is 17.4 Å². The molecule has 0 aliphatic carbocycles. The third kappa shape index (κ3) is 4.90. The van der Waals surface area contributed by atoms with Gasteiger partial charge in [-0.25, -0.2) is 9.37 Å². The van der Waals surface area contributed by atoms with Crippen LogP contribution in [0.5, 0.6) is 11.5 Å². The third-order valence-corrected chi connectivity index (χ3v) is 4.69. The van der Waals surface area contributed by atoms with Crippen molar-refractivity contribution in [1.29, 1.82) is 0 Å². The van der Waals surface area contributed by atoms with Gasteiger partial charge in [0.25, 0.3) is 0 Å². The van der Waals surface area contributed by atoms with E-state index in [0.717, 1.165) is 11.5 Å². The number of ether oxygens (including phenoxy) is 2. The number of benzene rings is 1. The van der Waals surface area contributed by atoms with Crippen LogP contribution in [-0.2, 0) is 11.2 Å². The average Bonchev–Trinajstić information content (AvgIpc) is 3.10. The van der Waals surface area contributed by atoms with Crippen LogP contribution in [0, 0.1) is 11.7 Å². The first-order valence-electron chi connectivity index (χ1n) is 10.2. The zero-order valence-electron chi connectivity index (χ0n) is 17.9. The maximum absolute atomic E-state index is 13.0. The van der Waals surface area contributed by atoms with Gasteiger partial charge >= 0.3 is 0 Å². The van der Waals surface area contributed by atoms with Crippen LogP contribution >= 0.6 is 0 Å². The number of hydrogen-bond donors (Lipinski definition) is 0. The predicted octanol–water partition coefficient (Wildman–Crippen LogP) is 4.50. The Balaban J connectivity index is 1.75. The number of hydrogen-bond acceptors (Lipinski definition) is 4. The first-order valence-corrected chi connectivity index (χ1v) is 10.2. The van der Waals surface area contributed by atoms with Gasteiger partial charge in [0, 0.05) is 19.7 Å². The Kier molecular flexibility index (Phi) is 6.92. The normalized spacial score (nSPS) is 11.1. The van der Waals surface area contributed by atoms with E-state index in [1.54, 1.807) is 24.1 Å². The highest BCUT2D eigenvalue weighted by atomic mass is 19.1. The highest BCUT2D eigenvalue weighted by Gasteiger charge is 2.22. The summed E-state index contributed by atoms with van der Waals surface area (Å²) in [4.78, 5) is 19.0. The molecule has 1 aromatic carbocycles. The number of pyridine rings is 1. The average molecular weight is 413 g/mol. The van der Waals surface area contributed by atoms with Gasteiger partial charge in [-0.2, -0.15) is 0 Å². The molecule has 0 saturated carbocycles. The monoisotopic (exact) mass is 413 g/mol. The number of carbonyl (C=O) groups is 1. The van der Waals surface area contributed by atoms with Gasteiger partial charge < -0.3 is 9.47 Å². The number of rotatable bonds is 9. The van der Waals surface area contributed by atoms with E-state index < -0.39 is 0 Å². The minimum Gasteiger partial charge on any atom is -0.490 e. The summed E-state index contributed by atoms with van der Waals surface area (Å²) in [6.07, 6.45) is 3.06. The molecule has 0 aliphatic rings. The molecule has 0 unspecified atom stereocenters. The molecule has 2 heterocycles. The molecule has 3 aromatic rings. The summed E-state index contributed by atoms with van der Waals surface area (Å²) < 4.78 is 26.3. The van der Waals surface area contributed by atoms with E-state index in [1.807, 2.05) is 43.5 Å². The molecule has 0 N–H and O–H groups in total. The summed E-state index contributed by atoms with van der Waals surface area (Å²) >= 11 is 0. The second-order valence-electron chi connectivity index (χ2n) is 7.50. The third-order valence-electron chi connectivity index (χ3n) is 4.69. The van der Waals surface area contributed by atoms with Crippen molar-refractivity contribution in [3.05, 3.63) is 54.1 Å². The summed E-state index contributed by atoms with van der Waals surface area (Å²) in [6.45, 7) is 6.70. The Morgan fingerprint density at radius 1 is 1.17 bits per heavy atom. The molecule has 30 heavy (non-hydrogen) atoms. The number of amides is 1. The van der Waals surface area contributed by atoms with Crippen LogP contribution in [0.3, 0.4) is 0 Å². The number of fused-ring (bicyclic) bond motifs is 1. The van der Waals surface area contributed by atoms with Crippen LogP contribution in [0.15, 0.2) is 42.6 Å². The fourth-order valence-corrected chi connectivity index (χ4v) is 3.23. The Morgan fingerprint density at radius 3 is 2.53 bits per heavy atom. The lowest BCUT2D eigenvalue weighted by Gasteiger charge is -2.19. The van der Waals surface area contributed by atoms with Crippen molar-refractivity contribution in [3.8, 4) is 11.5 Å². The lowest BCUT2D eigenvalue weighted by Crippen LogP contribution is -2.29. The summed E-state index contributed by atoms with van der Waals surface area (Å²) in [6, 6.07) is 9.58. The van der Waals surface area contributed by atoms with Crippen molar-refractivity contribution < 1.29 is 18.7 Å². The number of nitrogens with zero attached hydrogens (tertiary/aromatic N) is 3. The van der Waals surface area contributed by atoms with Crippen molar-refractivity contribution in [2.75, 3.05) is 25.2 Å². The number of aryl methyl sites for hydroxylation is 1. The Hall–Kier alpha value is -3.09. The highest BCUT2D eigenvalue weighted by molar-refractivity contribution is 5.93. The molecule has 0 aliphatic heterocycles. The van der Waals surface area contributed by atoms with Crippen molar-refractivity contribution in [3.63, 3.8) is 0 Å². The SMILES string of the molecule is CCc1nc2c(OCCOc3ccc(F)cc3)cccn2c1N(C)C(=O)CC(C)C. The van der Waals surface area contributed by atoms with E-state index in [0.29, 0.717) is 43.2 Å². The first-order chi connectivity index (χ1) is 14.4. The van der Waals surface area contributed by atoms with Crippen LogP contribution in [0.25, 0.3) is 5.65 Å². The minimum atomic E-state index is -0.302. The Bertz CT molecular complexity index is 999. The zero-order chi connectivity index (χ0) is 21.7. The van der Waals surface area contributed by atoms with E-state index >= 15 is 0 Å². The van der Waals surface area contributed by atoms with Gasteiger partial charge in [0.2, 0.25) is 5.91 Å². The molecule has 0 radical (unpaired) electrons. The largest absolute Gasteiger partial charge is 0.490 e. The van der Waals surface area contributed by atoms with E-state index in [4.69, 9.17) is 14.5 Å². The fourth-order valence-electron chi connectivity index (χ4n) is 3.23. The molecule has 160 valence electrons. The Morgan fingerprint density at radius 2 is 1.87 bits per heavy atom. The first kappa shape index (κ1) is 21.6. The zero-order valence-corrected chi connectivity index (χ0v) is 17.9. The Labute approximate surface area is 176 Å². The summed E-state index contributed by atoms with van der Waals surface area (Å²) in [5.74, 6) is 2.01. The molecule has 3 rings (SSSR count). The van der Waals surface area contributed by atoms with Gasteiger partial charge in [-0.1, -0.05) is 20.8 Å². The summed E-state index contributed by atoms with van der Waals surface area (Å²) in [7, 11) is 1.79. The molecule has 0 fully saturated rings. The van der Waals surface area contributed by atoms with Gasteiger partial charge in [0.1, 0.15) is 30.6 Å². The van der Waals surface area contributed by atoms with Crippen LogP contribution in [0.4, 0.5) is 10.2 Å². The van der Waals surface area contributed by atoms with E-state index in [2.05, 4.69) is 0 Å². The van der Waals surface area contributed by atoms with Crippen molar-refractivity contribution in [2.45, 2.75) is 33.6 Å². The maximum atomic E-state index is 13.0. The minimum absolute atomic E-state index is 0.0560.